The monoisotopic (exact) mass is 281 g/mol. The number of hydrogen-bond donors (Lipinski definition) is 0. The number of aldehydes is 1. The van der Waals surface area contributed by atoms with Gasteiger partial charge in [-0.2, -0.15) is 0 Å². The fourth-order valence-corrected chi connectivity index (χ4v) is 2.79. The molecule has 0 atom stereocenters. The molecule has 1 aromatic rings. The Morgan fingerprint density at radius 2 is 2.06 bits per heavy atom. The molecule has 1 aliphatic rings. The first-order chi connectivity index (χ1) is 7.72. The maximum absolute atomic E-state index is 10.7. The topological polar surface area (TPSA) is 20.3 Å². The number of anilines is 1. The van der Waals surface area contributed by atoms with Gasteiger partial charge in [0.25, 0.3) is 0 Å². The summed E-state index contributed by atoms with van der Waals surface area (Å²) < 4.78 is 0.879. The average Bonchev–Trinajstić information content (AvgIpc) is 2.81. The molecule has 1 fully saturated rings. The van der Waals surface area contributed by atoms with Crippen LogP contribution in [0.15, 0.2) is 22.7 Å². The van der Waals surface area contributed by atoms with Gasteiger partial charge in [-0.15, -0.1) is 0 Å². The molecule has 0 N–H and O–H groups in total. The van der Waals surface area contributed by atoms with E-state index in [1.165, 1.54) is 31.4 Å². The van der Waals surface area contributed by atoms with E-state index in [4.69, 9.17) is 0 Å². The van der Waals surface area contributed by atoms with Crippen molar-refractivity contribution in [3.05, 3.63) is 28.2 Å². The van der Waals surface area contributed by atoms with Crippen molar-refractivity contribution in [2.24, 2.45) is 0 Å². The molecule has 0 saturated heterocycles. The van der Waals surface area contributed by atoms with E-state index in [2.05, 4.69) is 27.9 Å². The predicted molar refractivity (Wildman–Crippen MR) is 70.2 cm³/mol. The number of hydrogen-bond acceptors (Lipinski definition) is 2. The molecule has 0 aliphatic heterocycles. The van der Waals surface area contributed by atoms with Crippen LogP contribution in [-0.4, -0.2) is 19.4 Å². The highest BCUT2D eigenvalue weighted by atomic mass is 79.9. The fourth-order valence-electron chi connectivity index (χ4n) is 2.33. The molecule has 1 aliphatic carbocycles. The lowest BCUT2D eigenvalue weighted by Gasteiger charge is -2.26. The van der Waals surface area contributed by atoms with E-state index < -0.39 is 0 Å². The predicted octanol–water partition coefficient (Wildman–Crippen LogP) is 3.64. The Kier molecular flexibility index (Phi) is 3.64. The van der Waals surface area contributed by atoms with Gasteiger partial charge < -0.3 is 4.90 Å². The standard InChI is InChI=1S/C13H16BrNO/c1-15(11-4-2-3-5-11)12-7-6-10(9-16)13(14)8-12/h6-9,11H,2-5H2,1H3. The third kappa shape index (κ3) is 2.29. The van der Waals surface area contributed by atoms with Crippen molar-refractivity contribution >= 4 is 27.9 Å². The van der Waals surface area contributed by atoms with Gasteiger partial charge in [-0.05, 0) is 47.0 Å². The van der Waals surface area contributed by atoms with E-state index in [-0.39, 0.29) is 0 Å². The zero-order valence-corrected chi connectivity index (χ0v) is 11.0. The van der Waals surface area contributed by atoms with Crippen molar-refractivity contribution in [1.82, 2.24) is 0 Å². The van der Waals surface area contributed by atoms with Crippen LogP contribution in [0.25, 0.3) is 0 Å². The Morgan fingerprint density at radius 3 is 2.62 bits per heavy atom. The molecular formula is C13H16BrNO. The molecule has 0 unspecified atom stereocenters. The molecule has 0 radical (unpaired) electrons. The van der Waals surface area contributed by atoms with E-state index in [0.29, 0.717) is 11.6 Å². The molecular weight excluding hydrogens is 266 g/mol. The third-order valence-electron chi connectivity index (χ3n) is 3.39. The van der Waals surface area contributed by atoms with Gasteiger partial charge in [-0.3, -0.25) is 4.79 Å². The summed E-state index contributed by atoms with van der Waals surface area (Å²) in [5.74, 6) is 0. The number of carbonyl (C=O) groups excluding carboxylic acids is 1. The van der Waals surface area contributed by atoms with Gasteiger partial charge in [-0.25, -0.2) is 0 Å². The minimum atomic E-state index is 0.661. The van der Waals surface area contributed by atoms with Gasteiger partial charge in [-0.1, -0.05) is 12.8 Å². The van der Waals surface area contributed by atoms with Crippen LogP contribution in [0.4, 0.5) is 5.69 Å². The highest BCUT2D eigenvalue weighted by molar-refractivity contribution is 9.10. The van der Waals surface area contributed by atoms with Crippen LogP contribution >= 0.6 is 15.9 Å². The van der Waals surface area contributed by atoms with Gasteiger partial charge in [0.05, 0.1) is 0 Å². The Hall–Kier alpha value is -0.830. The van der Waals surface area contributed by atoms with Crippen LogP contribution < -0.4 is 4.90 Å². The first-order valence-electron chi connectivity index (χ1n) is 5.70. The Balaban J connectivity index is 2.19. The molecule has 86 valence electrons. The molecule has 1 aromatic carbocycles. The molecule has 2 rings (SSSR count). The number of carbonyl (C=O) groups is 1. The molecule has 0 spiro atoms. The summed E-state index contributed by atoms with van der Waals surface area (Å²) in [7, 11) is 2.14. The zero-order valence-electron chi connectivity index (χ0n) is 9.45. The van der Waals surface area contributed by atoms with E-state index in [9.17, 15) is 4.79 Å². The lowest BCUT2D eigenvalue weighted by atomic mass is 10.1. The van der Waals surface area contributed by atoms with Gasteiger partial charge >= 0.3 is 0 Å². The second kappa shape index (κ2) is 5.00. The summed E-state index contributed by atoms with van der Waals surface area (Å²) in [6.45, 7) is 0. The van der Waals surface area contributed by atoms with Gasteiger partial charge in [0.1, 0.15) is 0 Å². The van der Waals surface area contributed by atoms with Crippen molar-refractivity contribution < 1.29 is 4.79 Å². The van der Waals surface area contributed by atoms with Crippen molar-refractivity contribution in [3.63, 3.8) is 0 Å². The summed E-state index contributed by atoms with van der Waals surface area (Å²) in [5, 5.41) is 0. The van der Waals surface area contributed by atoms with Crippen LogP contribution in [-0.2, 0) is 0 Å². The lowest BCUT2D eigenvalue weighted by Crippen LogP contribution is -2.28. The zero-order chi connectivity index (χ0) is 11.5. The van der Waals surface area contributed by atoms with Crippen LogP contribution in [0.2, 0.25) is 0 Å². The largest absolute Gasteiger partial charge is 0.372 e. The Morgan fingerprint density at radius 1 is 1.38 bits per heavy atom. The van der Waals surface area contributed by atoms with Crippen LogP contribution in [0.3, 0.4) is 0 Å². The minimum absolute atomic E-state index is 0.661. The summed E-state index contributed by atoms with van der Waals surface area (Å²) in [4.78, 5) is 13.0. The van der Waals surface area contributed by atoms with Gasteiger partial charge in [0, 0.05) is 28.8 Å². The maximum atomic E-state index is 10.7. The molecule has 16 heavy (non-hydrogen) atoms. The first-order valence-corrected chi connectivity index (χ1v) is 6.49. The van der Waals surface area contributed by atoms with Crippen molar-refractivity contribution in [3.8, 4) is 0 Å². The first kappa shape index (κ1) is 11.6. The number of halogens is 1. The van der Waals surface area contributed by atoms with E-state index in [0.717, 1.165) is 10.8 Å². The van der Waals surface area contributed by atoms with Gasteiger partial charge in [0.2, 0.25) is 0 Å². The highest BCUT2D eigenvalue weighted by Gasteiger charge is 2.20. The second-order valence-corrected chi connectivity index (χ2v) is 5.23. The SMILES string of the molecule is CN(c1ccc(C=O)c(Br)c1)C1CCCC1. The normalized spacial score (nSPS) is 16.4. The quantitative estimate of drug-likeness (QED) is 0.789. The summed E-state index contributed by atoms with van der Waals surface area (Å²) in [5.41, 5.74) is 1.90. The fraction of sp³-hybridized carbons (Fsp3) is 0.462. The number of benzene rings is 1. The smallest absolute Gasteiger partial charge is 0.151 e. The van der Waals surface area contributed by atoms with Crippen LogP contribution in [0.1, 0.15) is 36.0 Å². The maximum Gasteiger partial charge on any atom is 0.151 e. The highest BCUT2D eigenvalue weighted by Crippen LogP contribution is 2.29. The van der Waals surface area contributed by atoms with E-state index >= 15 is 0 Å². The minimum Gasteiger partial charge on any atom is -0.372 e. The summed E-state index contributed by atoms with van der Waals surface area (Å²) >= 11 is 3.43. The Bertz CT molecular complexity index is 386. The molecule has 2 nitrogen and oxygen atoms in total. The summed E-state index contributed by atoms with van der Waals surface area (Å²) in [6.07, 6.45) is 6.11. The lowest BCUT2D eigenvalue weighted by molar-refractivity contribution is 0.112. The van der Waals surface area contributed by atoms with Crippen molar-refractivity contribution in [2.45, 2.75) is 31.7 Å². The average molecular weight is 282 g/mol. The van der Waals surface area contributed by atoms with Crippen molar-refractivity contribution in [1.29, 1.82) is 0 Å². The van der Waals surface area contributed by atoms with E-state index in [1.54, 1.807) is 0 Å². The molecule has 0 heterocycles. The van der Waals surface area contributed by atoms with Crippen molar-refractivity contribution in [2.75, 3.05) is 11.9 Å². The molecule has 0 aromatic heterocycles. The summed E-state index contributed by atoms with van der Waals surface area (Å²) in [6, 6.07) is 6.58. The number of rotatable bonds is 3. The van der Waals surface area contributed by atoms with E-state index in [1.807, 2.05) is 18.2 Å². The second-order valence-electron chi connectivity index (χ2n) is 4.37. The van der Waals surface area contributed by atoms with Gasteiger partial charge in [0.15, 0.2) is 6.29 Å². The molecule has 3 heteroatoms. The van der Waals surface area contributed by atoms with Crippen LogP contribution in [0, 0.1) is 0 Å². The number of nitrogens with zero attached hydrogens (tertiary/aromatic N) is 1. The van der Waals surface area contributed by atoms with Crippen LogP contribution in [0.5, 0.6) is 0 Å². The Labute approximate surface area is 105 Å². The molecule has 0 bridgehead atoms. The third-order valence-corrected chi connectivity index (χ3v) is 4.08. The molecule has 0 amide bonds. The molecule has 1 saturated carbocycles.